The van der Waals surface area contributed by atoms with Gasteiger partial charge < -0.3 is 25.2 Å². The number of aliphatic carboxylic acids is 1. The second-order valence-corrected chi connectivity index (χ2v) is 9.76. The Bertz CT molecular complexity index is 722. The molecule has 3 N–H and O–H groups in total. The topological polar surface area (TPSA) is 114 Å². The van der Waals surface area contributed by atoms with Gasteiger partial charge in [-0.2, -0.15) is 0 Å². The van der Waals surface area contributed by atoms with Crippen LogP contribution in [0.1, 0.15) is 59.9 Å². The summed E-state index contributed by atoms with van der Waals surface area (Å²) in [5, 5.41) is 15.1. The van der Waals surface area contributed by atoms with Crippen LogP contribution in [-0.2, 0) is 25.7 Å². The Morgan fingerprint density at radius 1 is 1.03 bits per heavy atom. The molecular formula is C23H36N2O6. The number of carboxylic acids is 1. The standard InChI is InChI=1S/C23H36N2O6/c1-22(2,3)13-17(25-21(29)30-15-16-10-8-7-9-11-16)14-24-18(20(27)28)12-19(26)31-23(4,5)6/h7-11,17-18,24H,12-15H2,1-6H3,(H,25,29)(H,27,28)/t17-,18-/m0/s1. The van der Waals surface area contributed by atoms with Crippen molar-refractivity contribution >= 4 is 18.0 Å². The first kappa shape index (κ1) is 26.4. The number of ether oxygens (including phenoxy) is 2. The lowest BCUT2D eigenvalue weighted by Crippen LogP contribution is -2.49. The molecule has 8 nitrogen and oxygen atoms in total. The van der Waals surface area contributed by atoms with Crippen molar-refractivity contribution in [3.8, 4) is 0 Å². The molecule has 0 aliphatic rings. The second kappa shape index (κ2) is 11.7. The number of amides is 1. The van der Waals surface area contributed by atoms with Crippen molar-refractivity contribution < 1.29 is 29.0 Å². The van der Waals surface area contributed by atoms with E-state index in [1.807, 2.05) is 51.1 Å². The molecule has 0 radical (unpaired) electrons. The number of esters is 1. The van der Waals surface area contributed by atoms with Crippen LogP contribution in [0, 0.1) is 5.41 Å². The number of nitrogens with one attached hydrogen (secondary N) is 2. The molecule has 0 aliphatic carbocycles. The Labute approximate surface area is 184 Å². The van der Waals surface area contributed by atoms with Crippen molar-refractivity contribution in [1.82, 2.24) is 10.6 Å². The fourth-order valence-electron chi connectivity index (χ4n) is 2.93. The minimum absolute atomic E-state index is 0.122. The number of carboxylic acid groups (broad SMARTS) is 1. The Hall–Kier alpha value is -2.61. The van der Waals surface area contributed by atoms with E-state index >= 15 is 0 Å². The van der Waals surface area contributed by atoms with Crippen LogP contribution in [0.25, 0.3) is 0 Å². The lowest BCUT2D eigenvalue weighted by atomic mass is 9.88. The quantitative estimate of drug-likeness (QED) is 0.481. The van der Waals surface area contributed by atoms with Crippen LogP contribution in [0.4, 0.5) is 4.79 Å². The molecule has 0 bridgehead atoms. The first-order valence-electron chi connectivity index (χ1n) is 10.4. The fraction of sp³-hybridized carbons (Fsp3) is 0.609. The summed E-state index contributed by atoms with van der Waals surface area (Å²) in [5.41, 5.74) is 0.0495. The van der Waals surface area contributed by atoms with E-state index in [0.29, 0.717) is 6.42 Å². The summed E-state index contributed by atoms with van der Waals surface area (Å²) in [6.45, 7) is 11.5. The maximum atomic E-state index is 12.3. The van der Waals surface area contributed by atoms with Gasteiger partial charge in [0.05, 0.1) is 6.42 Å². The van der Waals surface area contributed by atoms with Gasteiger partial charge in [0.25, 0.3) is 0 Å². The molecule has 1 aromatic carbocycles. The molecule has 0 heterocycles. The summed E-state index contributed by atoms with van der Waals surface area (Å²) >= 11 is 0. The minimum atomic E-state index is -1.16. The lowest BCUT2D eigenvalue weighted by molar-refractivity contribution is -0.158. The van der Waals surface area contributed by atoms with E-state index in [1.54, 1.807) is 20.8 Å². The predicted octanol–water partition coefficient (Wildman–Crippen LogP) is 3.49. The zero-order chi connectivity index (χ0) is 23.7. The van der Waals surface area contributed by atoms with Gasteiger partial charge in [-0.3, -0.25) is 9.59 Å². The number of hydrogen-bond donors (Lipinski definition) is 3. The van der Waals surface area contributed by atoms with E-state index in [4.69, 9.17) is 9.47 Å². The minimum Gasteiger partial charge on any atom is -0.480 e. The van der Waals surface area contributed by atoms with Crippen LogP contribution in [0.15, 0.2) is 30.3 Å². The van der Waals surface area contributed by atoms with Crippen LogP contribution in [-0.4, -0.2) is 47.4 Å². The molecule has 31 heavy (non-hydrogen) atoms. The van der Waals surface area contributed by atoms with Gasteiger partial charge in [0.15, 0.2) is 0 Å². The summed E-state index contributed by atoms with van der Waals surface area (Å²) in [6, 6.07) is 7.80. The van der Waals surface area contributed by atoms with Crippen molar-refractivity contribution in [3.63, 3.8) is 0 Å². The van der Waals surface area contributed by atoms with Crippen LogP contribution < -0.4 is 10.6 Å². The van der Waals surface area contributed by atoms with E-state index in [0.717, 1.165) is 5.56 Å². The van der Waals surface area contributed by atoms with Crippen LogP contribution >= 0.6 is 0 Å². The van der Waals surface area contributed by atoms with Crippen LogP contribution in [0.5, 0.6) is 0 Å². The smallest absolute Gasteiger partial charge is 0.407 e. The zero-order valence-electron chi connectivity index (χ0n) is 19.4. The van der Waals surface area contributed by atoms with Crippen molar-refractivity contribution in [1.29, 1.82) is 0 Å². The highest BCUT2D eigenvalue weighted by Crippen LogP contribution is 2.21. The Kier molecular flexibility index (Phi) is 9.97. The summed E-state index contributed by atoms with van der Waals surface area (Å²) in [5.74, 6) is -1.76. The summed E-state index contributed by atoms with van der Waals surface area (Å²) in [7, 11) is 0. The predicted molar refractivity (Wildman–Crippen MR) is 118 cm³/mol. The number of alkyl carbamates (subject to hydrolysis) is 1. The molecule has 0 unspecified atom stereocenters. The van der Waals surface area contributed by atoms with Gasteiger partial charge >= 0.3 is 18.0 Å². The van der Waals surface area contributed by atoms with Crippen molar-refractivity contribution in [2.45, 2.75) is 78.7 Å². The molecule has 2 atom stereocenters. The second-order valence-electron chi connectivity index (χ2n) is 9.76. The Morgan fingerprint density at radius 2 is 1.65 bits per heavy atom. The summed E-state index contributed by atoms with van der Waals surface area (Å²) < 4.78 is 10.5. The zero-order valence-corrected chi connectivity index (χ0v) is 19.4. The molecule has 1 amide bonds. The van der Waals surface area contributed by atoms with Gasteiger partial charge in [-0.1, -0.05) is 51.1 Å². The van der Waals surface area contributed by atoms with Crippen molar-refractivity contribution in [2.75, 3.05) is 6.54 Å². The molecule has 1 rings (SSSR count). The highest BCUT2D eigenvalue weighted by atomic mass is 16.6. The molecule has 0 fully saturated rings. The van der Waals surface area contributed by atoms with E-state index < -0.39 is 29.7 Å². The van der Waals surface area contributed by atoms with E-state index in [-0.39, 0.29) is 31.0 Å². The first-order valence-corrected chi connectivity index (χ1v) is 10.4. The molecule has 1 aromatic rings. The molecule has 8 heteroatoms. The lowest BCUT2D eigenvalue weighted by Gasteiger charge is -2.28. The molecular weight excluding hydrogens is 400 g/mol. The van der Waals surface area contributed by atoms with E-state index in [9.17, 15) is 19.5 Å². The van der Waals surface area contributed by atoms with Gasteiger partial charge in [0.1, 0.15) is 18.2 Å². The van der Waals surface area contributed by atoms with Crippen molar-refractivity contribution in [2.24, 2.45) is 5.41 Å². The monoisotopic (exact) mass is 436 g/mol. The van der Waals surface area contributed by atoms with Gasteiger partial charge in [-0.05, 0) is 38.2 Å². The fourth-order valence-corrected chi connectivity index (χ4v) is 2.93. The number of carbonyl (C=O) groups excluding carboxylic acids is 2. The third-order valence-electron chi connectivity index (χ3n) is 4.09. The normalized spacial score (nSPS) is 13.7. The van der Waals surface area contributed by atoms with E-state index in [2.05, 4.69) is 10.6 Å². The van der Waals surface area contributed by atoms with Gasteiger partial charge in [0.2, 0.25) is 0 Å². The van der Waals surface area contributed by atoms with Crippen molar-refractivity contribution in [3.05, 3.63) is 35.9 Å². The molecule has 0 saturated carbocycles. The maximum Gasteiger partial charge on any atom is 0.407 e. The number of hydrogen-bond acceptors (Lipinski definition) is 6. The van der Waals surface area contributed by atoms with Gasteiger partial charge in [-0.25, -0.2) is 4.79 Å². The van der Waals surface area contributed by atoms with Gasteiger partial charge in [0, 0.05) is 12.6 Å². The average molecular weight is 437 g/mol. The maximum absolute atomic E-state index is 12.3. The molecule has 0 saturated heterocycles. The first-order chi connectivity index (χ1) is 14.2. The Balaban J connectivity index is 2.68. The number of carbonyl (C=O) groups is 3. The number of benzene rings is 1. The third kappa shape index (κ3) is 12.6. The van der Waals surface area contributed by atoms with Crippen LogP contribution in [0.2, 0.25) is 0 Å². The van der Waals surface area contributed by atoms with Gasteiger partial charge in [-0.15, -0.1) is 0 Å². The number of rotatable bonds is 10. The molecule has 0 aliphatic heterocycles. The highest BCUT2D eigenvalue weighted by Gasteiger charge is 2.27. The average Bonchev–Trinajstić information content (AvgIpc) is 2.61. The SMILES string of the molecule is CC(C)(C)C[C@@H](CN[C@@H](CC(=O)OC(C)(C)C)C(=O)O)NC(=O)OCc1ccccc1. The Morgan fingerprint density at radius 3 is 2.16 bits per heavy atom. The summed E-state index contributed by atoms with van der Waals surface area (Å²) in [4.78, 5) is 35.9. The highest BCUT2D eigenvalue weighted by molar-refractivity contribution is 5.81. The largest absolute Gasteiger partial charge is 0.480 e. The van der Waals surface area contributed by atoms with E-state index in [1.165, 1.54) is 0 Å². The van der Waals surface area contributed by atoms with Crippen LogP contribution in [0.3, 0.4) is 0 Å². The molecule has 174 valence electrons. The third-order valence-corrected chi connectivity index (χ3v) is 4.09. The molecule has 0 aromatic heterocycles. The molecule has 0 spiro atoms. The summed E-state index contributed by atoms with van der Waals surface area (Å²) in [6.07, 6.45) is -0.314.